The van der Waals surface area contributed by atoms with Gasteiger partial charge in [0.15, 0.2) is 0 Å². The monoisotopic (exact) mass is 189 g/mol. The summed E-state index contributed by atoms with van der Waals surface area (Å²) in [6.45, 7) is 8.07. The Morgan fingerprint density at radius 1 is 1.21 bits per heavy atom. The van der Waals surface area contributed by atoms with Gasteiger partial charge in [0.25, 0.3) is 0 Å². The summed E-state index contributed by atoms with van der Waals surface area (Å²) in [5.74, 6) is 0. The van der Waals surface area contributed by atoms with Crippen molar-refractivity contribution in [2.45, 2.75) is 27.7 Å². The van der Waals surface area contributed by atoms with Gasteiger partial charge in [0.05, 0.1) is 0 Å². The van der Waals surface area contributed by atoms with E-state index in [4.69, 9.17) is 5.41 Å². The molecule has 1 aromatic rings. The van der Waals surface area contributed by atoms with Gasteiger partial charge in [-0.05, 0) is 35.9 Å². The summed E-state index contributed by atoms with van der Waals surface area (Å²) in [4.78, 5) is 0. The van der Waals surface area contributed by atoms with Gasteiger partial charge in [-0.2, -0.15) is 0 Å². The molecule has 0 bridgehead atoms. The smallest absolute Gasteiger partial charge is 0.0184 e. The molecular formula is C13H19N. The molecule has 0 heterocycles. The quantitative estimate of drug-likeness (QED) is 0.655. The van der Waals surface area contributed by atoms with Gasteiger partial charge in [-0.1, -0.05) is 38.1 Å². The fraction of sp³-hybridized carbons (Fsp3) is 0.308. The fourth-order valence-electron chi connectivity index (χ4n) is 1.27. The highest BCUT2D eigenvalue weighted by Crippen LogP contribution is 1.83. The van der Waals surface area contributed by atoms with Crippen LogP contribution in [0.15, 0.2) is 18.2 Å². The Hall–Kier alpha value is -1.37. The van der Waals surface area contributed by atoms with Gasteiger partial charge in [-0.15, -0.1) is 0 Å². The topological polar surface area (TPSA) is 23.9 Å². The van der Waals surface area contributed by atoms with E-state index in [9.17, 15) is 0 Å². The highest BCUT2D eigenvalue weighted by Gasteiger charge is 1.87. The Balaban J connectivity index is 0.000000791. The maximum absolute atomic E-state index is 7.01. The lowest BCUT2D eigenvalue weighted by molar-refractivity contribution is 1.37. The van der Waals surface area contributed by atoms with E-state index >= 15 is 0 Å². The van der Waals surface area contributed by atoms with Crippen LogP contribution in [0.2, 0.25) is 0 Å². The van der Waals surface area contributed by atoms with Crippen LogP contribution in [0.1, 0.15) is 26.3 Å². The predicted octanol–water partition coefficient (Wildman–Crippen LogP) is 2.25. The Morgan fingerprint density at radius 2 is 1.86 bits per heavy atom. The number of rotatable bonds is 1. The number of nitrogens with one attached hydrogen (secondary N) is 1. The van der Waals surface area contributed by atoms with Crippen LogP contribution in [-0.4, -0.2) is 6.21 Å². The summed E-state index contributed by atoms with van der Waals surface area (Å²) in [7, 11) is 0. The second-order valence-corrected chi connectivity index (χ2v) is 2.70. The van der Waals surface area contributed by atoms with E-state index in [0.717, 1.165) is 5.22 Å². The molecule has 0 saturated heterocycles. The van der Waals surface area contributed by atoms with Gasteiger partial charge >= 0.3 is 0 Å². The van der Waals surface area contributed by atoms with Crippen molar-refractivity contribution in [2.24, 2.45) is 0 Å². The standard InChI is InChI=1S/C11H13N.C2H6/c1-3-10-6-4-5-9(2)11(10)7-8-12;1-2/h3-8,12H,1-2H3;1-2H3/b10-3-,11-7-,12-8?;. The molecule has 1 rings (SSSR count). The molecule has 76 valence electrons. The van der Waals surface area contributed by atoms with E-state index in [1.165, 1.54) is 17.0 Å². The fourth-order valence-corrected chi connectivity index (χ4v) is 1.27. The zero-order valence-electron chi connectivity index (χ0n) is 9.46. The molecular weight excluding hydrogens is 170 g/mol. The molecule has 0 saturated carbocycles. The molecule has 0 radical (unpaired) electrons. The van der Waals surface area contributed by atoms with Crippen LogP contribution in [-0.2, 0) is 0 Å². The minimum atomic E-state index is 1.15. The van der Waals surface area contributed by atoms with Crippen molar-refractivity contribution in [2.75, 3.05) is 0 Å². The Morgan fingerprint density at radius 3 is 2.36 bits per heavy atom. The Labute approximate surface area is 86.3 Å². The molecule has 0 spiro atoms. The zero-order chi connectivity index (χ0) is 11.0. The van der Waals surface area contributed by atoms with Crippen LogP contribution in [0.25, 0.3) is 12.2 Å². The van der Waals surface area contributed by atoms with E-state index in [1.807, 2.05) is 32.9 Å². The largest absolute Gasteiger partial charge is 0.309 e. The number of hydrogen-bond acceptors (Lipinski definition) is 1. The van der Waals surface area contributed by atoms with Gasteiger partial charge in [-0.3, -0.25) is 0 Å². The normalized spacial score (nSPS) is 12.0. The summed E-state index contributed by atoms with van der Waals surface area (Å²) in [6.07, 6.45) is 5.21. The molecule has 1 nitrogen and oxygen atoms in total. The lowest BCUT2D eigenvalue weighted by atomic mass is 10.1. The lowest BCUT2D eigenvalue weighted by Crippen LogP contribution is -2.26. The second kappa shape index (κ2) is 7.07. The molecule has 1 N–H and O–H groups in total. The average Bonchev–Trinajstić information content (AvgIpc) is 2.24. The third kappa shape index (κ3) is 3.17. The molecule has 0 atom stereocenters. The molecule has 14 heavy (non-hydrogen) atoms. The molecule has 0 fully saturated rings. The van der Waals surface area contributed by atoms with E-state index in [0.29, 0.717) is 0 Å². The third-order valence-electron chi connectivity index (χ3n) is 1.92. The molecule has 0 amide bonds. The Kier molecular flexibility index (Phi) is 6.38. The van der Waals surface area contributed by atoms with E-state index in [-0.39, 0.29) is 0 Å². The maximum Gasteiger partial charge on any atom is 0.0184 e. The van der Waals surface area contributed by atoms with Crippen molar-refractivity contribution in [1.29, 1.82) is 5.41 Å². The summed E-state index contributed by atoms with van der Waals surface area (Å²) in [5.41, 5.74) is 1.22. The van der Waals surface area contributed by atoms with E-state index < -0.39 is 0 Å². The Bertz CT molecular complexity index is 388. The van der Waals surface area contributed by atoms with Crippen LogP contribution < -0.4 is 10.4 Å². The van der Waals surface area contributed by atoms with Crippen LogP contribution in [0.3, 0.4) is 0 Å². The summed E-state index contributed by atoms with van der Waals surface area (Å²) in [6, 6.07) is 6.15. The van der Waals surface area contributed by atoms with Crippen LogP contribution in [0.4, 0.5) is 0 Å². The molecule has 1 heteroatoms. The molecule has 1 aromatic carbocycles. The zero-order valence-corrected chi connectivity index (χ0v) is 9.46. The van der Waals surface area contributed by atoms with Crippen LogP contribution in [0, 0.1) is 12.3 Å². The van der Waals surface area contributed by atoms with E-state index in [2.05, 4.69) is 25.1 Å². The van der Waals surface area contributed by atoms with Crippen molar-refractivity contribution in [1.82, 2.24) is 0 Å². The van der Waals surface area contributed by atoms with Crippen molar-refractivity contribution in [3.63, 3.8) is 0 Å². The summed E-state index contributed by atoms with van der Waals surface area (Å²) >= 11 is 0. The number of benzene rings is 1. The van der Waals surface area contributed by atoms with Crippen LogP contribution >= 0.6 is 0 Å². The van der Waals surface area contributed by atoms with Gasteiger partial charge in [-0.25, -0.2) is 0 Å². The van der Waals surface area contributed by atoms with Gasteiger partial charge in [0.1, 0.15) is 0 Å². The molecule has 0 aliphatic heterocycles. The summed E-state index contributed by atoms with van der Waals surface area (Å²) < 4.78 is 0. The first kappa shape index (κ1) is 12.6. The average molecular weight is 189 g/mol. The van der Waals surface area contributed by atoms with Crippen molar-refractivity contribution < 1.29 is 0 Å². The first-order valence-electron chi connectivity index (χ1n) is 5.02. The first-order chi connectivity index (χ1) is 6.79. The first-order valence-corrected chi connectivity index (χ1v) is 5.02. The van der Waals surface area contributed by atoms with Crippen molar-refractivity contribution in [3.8, 4) is 0 Å². The van der Waals surface area contributed by atoms with Crippen LogP contribution in [0.5, 0.6) is 0 Å². The minimum Gasteiger partial charge on any atom is -0.309 e. The van der Waals surface area contributed by atoms with Gasteiger partial charge in [0, 0.05) is 6.21 Å². The van der Waals surface area contributed by atoms with E-state index in [1.54, 1.807) is 0 Å². The molecule has 0 aromatic heterocycles. The molecule has 0 aliphatic rings. The minimum absolute atomic E-state index is 1.15. The van der Waals surface area contributed by atoms with Crippen molar-refractivity contribution >= 4 is 18.4 Å². The highest BCUT2D eigenvalue weighted by molar-refractivity contribution is 5.88. The number of aryl methyl sites for hydroxylation is 1. The second-order valence-electron chi connectivity index (χ2n) is 2.70. The lowest BCUT2D eigenvalue weighted by Gasteiger charge is -1.93. The van der Waals surface area contributed by atoms with Gasteiger partial charge in [0.2, 0.25) is 0 Å². The maximum atomic E-state index is 7.01. The predicted molar refractivity (Wildman–Crippen MR) is 65.2 cm³/mol. The SMILES string of the molecule is C/C=c1/cccc(C)/c1=C/C=N.CC. The highest BCUT2D eigenvalue weighted by atomic mass is 14.3. The van der Waals surface area contributed by atoms with Gasteiger partial charge < -0.3 is 5.41 Å². The summed E-state index contributed by atoms with van der Waals surface area (Å²) in [5, 5.41) is 9.36. The third-order valence-corrected chi connectivity index (χ3v) is 1.92. The number of hydrogen-bond donors (Lipinski definition) is 1. The van der Waals surface area contributed by atoms with Crippen molar-refractivity contribution in [3.05, 3.63) is 34.2 Å². The molecule has 0 unspecified atom stereocenters. The molecule has 0 aliphatic carbocycles.